The fourth-order valence-corrected chi connectivity index (χ4v) is 3.34. The Morgan fingerprint density at radius 1 is 1.03 bits per heavy atom. The van der Waals surface area contributed by atoms with Gasteiger partial charge in [0.25, 0.3) is 11.8 Å². The molecule has 2 atom stereocenters. The molecule has 0 saturated carbocycles. The second kappa shape index (κ2) is 10.8. The van der Waals surface area contributed by atoms with E-state index in [1.807, 2.05) is 0 Å². The Labute approximate surface area is 173 Å². The molecule has 0 aliphatic carbocycles. The first kappa shape index (κ1) is 23.5. The number of fused-ring (bicyclic) bond motifs is 1. The van der Waals surface area contributed by atoms with Crippen molar-refractivity contribution in [3.05, 3.63) is 35.4 Å². The molecule has 0 unspecified atom stereocenters. The third-order valence-electron chi connectivity index (χ3n) is 4.92. The van der Waals surface area contributed by atoms with Gasteiger partial charge in [0.2, 0.25) is 5.91 Å². The minimum absolute atomic E-state index is 0.0955. The zero-order valence-electron chi connectivity index (χ0n) is 16.9. The van der Waals surface area contributed by atoms with E-state index in [9.17, 15) is 29.4 Å². The van der Waals surface area contributed by atoms with E-state index in [0.29, 0.717) is 12.8 Å². The Kier molecular flexibility index (Phi) is 8.46. The van der Waals surface area contributed by atoms with Gasteiger partial charge >= 0.3 is 5.97 Å². The van der Waals surface area contributed by atoms with Crippen LogP contribution in [0.4, 0.5) is 0 Å². The number of methoxy groups -OCH3 is 2. The summed E-state index contributed by atoms with van der Waals surface area (Å²) in [4.78, 5) is 50.5. The average Bonchev–Trinajstić information content (AvgIpc) is 2.99. The molecule has 1 aromatic rings. The molecule has 10 nitrogen and oxygen atoms in total. The average molecular weight is 422 g/mol. The molecule has 0 spiro atoms. The number of nitrogens with zero attached hydrogens (tertiary/aromatic N) is 1. The summed E-state index contributed by atoms with van der Waals surface area (Å²) in [6.45, 7) is -0.466. The highest BCUT2D eigenvalue weighted by molar-refractivity contribution is 6.22. The fraction of sp³-hybridized carbons (Fsp3) is 0.500. The van der Waals surface area contributed by atoms with Gasteiger partial charge < -0.3 is 25.0 Å². The lowest BCUT2D eigenvalue weighted by molar-refractivity contribution is -0.143. The number of aliphatic hydroxyl groups excluding tert-OH is 1. The van der Waals surface area contributed by atoms with Gasteiger partial charge in [-0.1, -0.05) is 12.1 Å². The SMILES string of the molecule is COC(CCC[C@H](NC(=O)[C@@H](CCO)N1C(=O)c2ccccc2C1=O)C(=O)O)OC. The number of aliphatic hydroxyl groups is 1. The third kappa shape index (κ3) is 5.21. The zero-order chi connectivity index (χ0) is 22.3. The van der Waals surface area contributed by atoms with Gasteiger partial charge in [-0.05, 0) is 31.4 Å². The maximum Gasteiger partial charge on any atom is 0.326 e. The standard InChI is InChI=1S/C20H26N2O8/c1-29-16(30-2)9-5-8-14(20(27)28)21-17(24)15(10-11-23)22-18(25)12-6-3-4-7-13(12)19(22)26/h3-4,6-7,14-16,23H,5,8-11H2,1-2H3,(H,21,24)(H,27,28)/t14-,15+/m0/s1. The Morgan fingerprint density at radius 2 is 1.60 bits per heavy atom. The minimum Gasteiger partial charge on any atom is -0.480 e. The van der Waals surface area contributed by atoms with E-state index < -0.39 is 48.7 Å². The number of nitrogens with one attached hydrogen (secondary N) is 1. The topological polar surface area (TPSA) is 142 Å². The monoisotopic (exact) mass is 422 g/mol. The van der Waals surface area contributed by atoms with Crippen LogP contribution in [0.1, 0.15) is 46.4 Å². The highest BCUT2D eigenvalue weighted by Crippen LogP contribution is 2.25. The normalized spacial score (nSPS) is 15.3. The predicted octanol–water partition coefficient (Wildman–Crippen LogP) is 0.392. The van der Waals surface area contributed by atoms with Gasteiger partial charge in [-0.25, -0.2) is 4.79 Å². The Bertz CT molecular complexity index is 758. The second-order valence-electron chi connectivity index (χ2n) is 6.79. The Morgan fingerprint density at radius 3 is 2.07 bits per heavy atom. The molecule has 1 aliphatic rings. The first-order valence-electron chi connectivity index (χ1n) is 9.52. The van der Waals surface area contributed by atoms with Gasteiger partial charge in [0, 0.05) is 27.2 Å². The van der Waals surface area contributed by atoms with Crippen molar-refractivity contribution >= 4 is 23.7 Å². The highest BCUT2D eigenvalue weighted by Gasteiger charge is 2.43. The van der Waals surface area contributed by atoms with Gasteiger partial charge in [-0.2, -0.15) is 0 Å². The van der Waals surface area contributed by atoms with E-state index in [4.69, 9.17) is 9.47 Å². The number of carbonyl (C=O) groups is 4. The van der Waals surface area contributed by atoms with E-state index in [2.05, 4.69) is 5.32 Å². The minimum atomic E-state index is -1.32. The molecule has 0 radical (unpaired) electrons. The number of hydrogen-bond acceptors (Lipinski definition) is 7. The van der Waals surface area contributed by atoms with Crippen LogP contribution in [-0.2, 0) is 19.1 Å². The van der Waals surface area contributed by atoms with Crippen molar-refractivity contribution in [2.75, 3.05) is 20.8 Å². The van der Waals surface area contributed by atoms with Crippen molar-refractivity contribution in [3.63, 3.8) is 0 Å². The molecule has 1 aromatic carbocycles. The van der Waals surface area contributed by atoms with Gasteiger partial charge in [0.15, 0.2) is 6.29 Å². The van der Waals surface area contributed by atoms with Gasteiger partial charge in [0.1, 0.15) is 12.1 Å². The zero-order valence-corrected chi connectivity index (χ0v) is 16.9. The van der Waals surface area contributed by atoms with Crippen LogP contribution in [0, 0.1) is 0 Å². The van der Waals surface area contributed by atoms with E-state index in [1.54, 1.807) is 12.1 Å². The number of benzene rings is 1. The van der Waals surface area contributed by atoms with E-state index in [0.717, 1.165) is 4.90 Å². The molecular formula is C20H26N2O8. The molecule has 10 heteroatoms. The number of carboxylic acids is 1. The number of hydrogen-bond donors (Lipinski definition) is 3. The summed E-state index contributed by atoms with van der Waals surface area (Å²) in [5.41, 5.74) is 0.330. The van der Waals surface area contributed by atoms with Crippen LogP contribution < -0.4 is 5.32 Å². The predicted molar refractivity (Wildman–Crippen MR) is 104 cm³/mol. The third-order valence-corrected chi connectivity index (χ3v) is 4.92. The number of carbonyl (C=O) groups excluding carboxylic acids is 3. The molecule has 0 aromatic heterocycles. The Balaban J connectivity index is 2.11. The molecule has 3 amide bonds. The molecule has 1 aliphatic heterocycles. The number of ether oxygens (including phenoxy) is 2. The van der Waals surface area contributed by atoms with Crippen molar-refractivity contribution in [2.24, 2.45) is 0 Å². The molecule has 0 saturated heterocycles. The van der Waals surface area contributed by atoms with E-state index >= 15 is 0 Å². The van der Waals surface area contributed by atoms with Crippen LogP contribution in [0.2, 0.25) is 0 Å². The lowest BCUT2D eigenvalue weighted by Crippen LogP contribution is -2.53. The molecular weight excluding hydrogens is 396 g/mol. The number of imide groups is 1. The lowest BCUT2D eigenvalue weighted by Gasteiger charge is -2.26. The van der Waals surface area contributed by atoms with Crippen molar-refractivity contribution in [3.8, 4) is 0 Å². The molecule has 3 N–H and O–H groups in total. The van der Waals surface area contributed by atoms with E-state index in [-0.39, 0.29) is 24.0 Å². The van der Waals surface area contributed by atoms with Crippen LogP contribution in [0.5, 0.6) is 0 Å². The number of amides is 3. The summed E-state index contributed by atoms with van der Waals surface area (Å²) < 4.78 is 10.1. The lowest BCUT2D eigenvalue weighted by atomic mass is 10.1. The van der Waals surface area contributed by atoms with Crippen LogP contribution in [-0.4, -0.2) is 78.0 Å². The largest absolute Gasteiger partial charge is 0.480 e. The van der Waals surface area contributed by atoms with Gasteiger partial charge in [0.05, 0.1) is 11.1 Å². The molecule has 2 rings (SSSR count). The second-order valence-corrected chi connectivity index (χ2v) is 6.79. The summed E-state index contributed by atoms with van der Waals surface area (Å²) in [6.07, 6.45) is 0.208. The number of aliphatic carboxylic acids is 1. The summed E-state index contributed by atoms with van der Waals surface area (Å²) >= 11 is 0. The molecule has 0 bridgehead atoms. The van der Waals surface area contributed by atoms with Crippen molar-refractivity contribution in [1.82, 2.24) is 10.2 Å². The maximum absolute atomic E-state index is 12.8. The van der Waals surface area contributed by atoms with Crippen LogP contribution in [0.15, 0.2) is 24.3 Å². The summed E-state index contributed by atoms with van der Waals surface area (Å²) in [6, 6.07) is 3.60. The molecule has 30 heavy (non-hydrogen) atoms. The first-order valence-corrected chi connectivity index (χ1v) is 9.52. The highest BCUT2D eigenvalue weighted by atomic mass is 16.7. The van der Waals surface area contributed by atoms with Gasteiger partial charge in [-0.3, -0.25) is 19.3 Å². The summed E-state index contributed by atoms with van der Waals surface area (Å²) in [7, 11) is 2.93. The van der Waals surface area contributed by atoms with Crippen LogP contribution in [0.25, 0.3) is 0 Å². The van der Waals surface area contributed by atoms with E-state index in [1.165, 1.54) is 26.4 Å². The van der Waals surface area contributed by atoms with Gasteiger partial charge in [-0.15, -0.1) is 0 Å². The molecule has 164 valence electrons. The summed E-state index contributed by atoms with van der Waals surface area (Å²) in [5.74, 6) is -3.38. The summed E-state index contributed by atoms with van der Waals surface area (Å²) in [5, 5.41) is 21.2. The maximum atomic E-state index is 12.8. The fourth-order valence-electron chi connectivity index (χ4n) is 3.34. The Hall–Kier alpha value is -2.82. The van der Waals surface area contributed by atoms with Crippen molar-refractivity contribution in [1.29, 1.82) is 0 Å². The molecule has 0 fully saturated rings. The van der Waals surface area contributed by atoms with Crippen molar-refractivity contribution < 1.29 is 38.9 Å². The first-order chi connectivity index (χ1) is 14.3. The molecule has 1 heterocycles. The van der Waals surface area contributed by atoms with Crippen LogP contribution >= 0.6 is 0 Å². The van der Waals surface area contributed by atoms with Crippen LogP contribution in [0.3, 0.4) is 0 Å². The quantitative estimate of drug-likeness (QED) is 0.324. The number of rotatable bonds is 12. The number of carboxylic acid groups (broad SMARTS) is 1. The smallest absolute Gasteiger partial charge is 0.326 e. The van der Waals surface area contributed by atoms with Crippen molar-refractivity contribution in [2.45, 2.75) is 44.1 Å².